The summed E-state index contributed by atoms with van der Waals surface area (Å²) in [5.41, 5.74) is 4.28. The maximum atomic E-state index is 12.8. The molecule has 0 saturated carbocycles. The van der Waals surface area contributed by atoms with Crippen LogP contribution in [0.15, 0.2) is 48.5 Å². The van der Waals surface area contributed by atoms with Gasteiger partial charge >= 0.3 is 0 Å². The van der Waals surface area contributed by atoms with Crippen molar-refractivity contribution in [1.29, 1.82) is 0 Å². The first-order chi connectivity index (χ1) is 14.3. The molecular weight excluding hydrogens is 374 g/mol. The van der Waals surface area contributed by atoms with E-state index in [2.05, 4.69) is 43.1 Å². The van der Waals surface area contributed by atoms with Crippen LogP contribution in [0.5, 0.6) is 0 Å². The third kappa shape index (κ3) is 5.48. The molecule has 0 bridgehead atoms. The lowest BCUT2D eigenvalue weighted by Gasteiger charge is -2.37. The number of nitrogens with one attached hydrogen (secondary N) is 1. The number of benzene rings is 2. The molecule has 0 aliphatic carbocycles. The molecule has 5 nitrogen and oxygen atoms in total. The van der Waals surface area contributed by atoms with Crippen LogP contribution in [0.2, 0.25) is 0 Å². The Morgan fingerprint density at radius 1 is 0.900 bits per heavy atom. The summed E-state index contributed by atoms with van der Waals surface area (Å²) >= 11 is 0. The third-order valence-electron chi connectivity index (χ3n) is 5.94. The summed E-state index contributed by atoms with van der Waals surface area (Å²) in [5, 5.41) is 3.03. The zero-order chi connectivity index (χ0) is 21.7. The van der Waals surface area contributed by atoms with Crippen molar-refractivity contribution in [1.82, 2.24) is 15.1 Å². The van der Waals surface area contributed by atoms with Crippen LogP contribution in [0, 0.1) is 6.92 Å². The van der Waals surface area contributed by atoms with Gasteiger partial charge in [0, 0.05) is 38.3 Å². The maximum absolute atomic E-state index is 12.8. The average Bonchev–Trinajstić information content (AvgIpc) is 2.77. The molecule has 1 fully saturated rings. The highest BCUT2D eigenvalue weighted by molar-refractivity contribution is 5.94. The number of hydrogen-bond acceptors (Lipinski definition) is 3. The standard InChI is InChI=1S/C25H33N3O2/c1-18(2)22-9-11-23(12-10-22)25(30)28-15-13-27(14-16-28)20(4)24(29)26-17-21-7-5-19(3)6-8-21/h5-12,18,20H,13-17H2,1-4H3,(H,26,29). The summed E-state index contributed by atoms with van der Waals surface area (Å²) in [6, 6.07) is 15.9. The fourth-order valence-electron chi connectivity index (χ4n) is 3.71. The molecule has 1 aliphatic rings. The second kappa shape index (κ2) is 9.90. The molecule has 1 unspecified atom stereocenters. The van der Waals surface area contributed by atoms with Gasteiger partial charge in [-0.15, -0.1) is 0 Å². The quantitative estimate of drug-likeness (QED) is 0.796. The highest BCUT2D eigenvalue weighted by Crippen LogP contribution is 2.17. The van der Waals surface area contributed by atoms with Gasteiger partial charge in [0.1, 0.15) is 0 Å². The lowest BCUT2D eigenvalue weighted by molar-refractivity contribution is -0.126. The van der Waals surface area contributed by atoms with Gasteiger partial charge in [0.2, 0.25) is 5.91 Å². The fourth-order valence-corrected chi connectivity index (χ4v) is 3.71. The van der Waals surface area contributed by atoms with E-state index in [4.69, 9.17) is 0 Å². The van der Waals surface area contributed by atoms with Gasteiger partial charge in [0.25, 0.3) is 5.91 Å². The number of carbonyl (C=O) groups is 2. The van der Waals surface area contributed by atoms with Gasteiger partial charge in [-0.1, -0.05) is 55.8 Å². The topological polar surface area (TPSA) is 52.7 Å². The van der Waals surface area contributed by atoms with Crippen LogP contribution in [-0.2, 0) is 11.3 Å². The number of carbonyl (C=O) groups excluding carboxylic acids is 2. The fraction of sp³-hybridized carbons (Fsp3) is 0.440. The molecule has 1 atom stereocenters. The summed E-state index contributed by atoms with van der Waals surface area (Å²) in [5.74, 6) is 0.553. The summed E-state index contributed by atoms with van der Waals surface area (Å²) in [7, 11) is 0. The predicted molar refractivity (Wildman–Crippen MR) is 120 cm³/mol. The van der Waals surface area contributed by atoms with E-state index >= 15 is 0 Å². The molecule has 5 heteroatoms. The van der Waals surface area contributed by atoms with Crippen molar-refractivity contribution in [3.8, 4) is 0 Å². The predicted octanol–water partition coefficient (Wildman–Crippen LogP) is 3.58. The first-order valence-electron chi connectivity index (χ1n) is 10.8. The number of aryl methyl sites for hydroxylation is 1. The number of piperazine rings is 1. The van der Waals surface area contributed by atoms with Crippen molar-refractivity contribution >= 4 is 11.8 Å². The van der Waals surface area contributed by atoms with Gasteiger partial charge in [0.05, 0.1) is 6.04 Å². The van der Waals surface area contributed by atoms with Crippen molar-refractivity contribution < 1.29 is 9.59 Å². The molecule has 160 valence electrons. The normalized spacial score (nSPS) is 15.8. The van der Waals surface area contributed by atoms with Crippen LogP contribution < -0.4 is 5.32 Å². The molecule has 2 amide bonds. The minimum atomic E-state index is -0.210. The molecule has 1 aliphatic heterocycles. The molecule has 2 aromatic rings. The van der Waals surface area contributed by atoms with Crippen molar-refractivity contribution in [2.45, 2.75) is 46.2 Å². The second-order valence-electron chi connectivity index (χ2n) is 8.48. The summed E-state index contributed by atoms with van der Waals surface area (Å²) in [4.78, 5) is 29.4. The maximum Gasteiger partial charge on any atom is 0.253 e. The van der Waals surface area contributed by atoms with Crippen molar-refractivity contribution in [3.63, 3.8) is 0 Å². The number of hydrogen-bond donors (Lipinski definition) is 1. The Balaban J connectivity index is 1.48. The molecule has 1 saturated heterocycles. The minimum Gasteiger partial charge on any atom is -0.351 e. The van der Waals surface area contributed by atoms with Crippen molar-refractivity contribution in [2.24, 2.45) is 0 Å². The van der Waals surface area contributed by atoms with Gasteiger partial charge in [-0.3, -0.25) is 14.5 Å². The molecule has 1 N–H and O–H groups in total. The highest BCUT2D eigenvalue weighted by Gasteiger charge is 2.27. The smallest absolute Gasteiger partial charge is 0.253 e. The van der Waals surface area contributed by atoms with E-state index < -0.39 is 0 Å². The van der Waals surface area contributed by atoms with Crippen molar-refractivity contribution in [3.05, 3.63) is 70.8 Å². The molecular formula is C25H33N3O2. The molecule has 3 rings (SSSR count). The van der Waals surface area contributed by atoms with E-state index in [1.165, 1.54) is 11.1 Å². The van der Waals surface area contributed by atoms with E-state index in [1.54, 1.807) is 0 Å². The Morgan fingerprint density at radius 2 is 1.50 bits per heavy atom. The van der Waals surface area contributed by atoms with Gasteiger partial charge in [-0.25, -0.2) is 0 Å². The summed E-state index contributed by atoms with van der Waals surface area (Å²) < 4.78 is 0. The average molecular weight is 408 g/mol. The van der Waals surface area contributed by atoms with Crippen LogP contribution in [0.1, 0.15) is 53.7 Å². The first kappa shape index (κ1) is 22.0. The minimum absolute atomic E-state index is 0.0274. The van der Waals surface area contributed by atoms with E-state index in [0.717, 1.165) is 11.1 Å². The Morgan fingerprint density at radius 3 is 2.07 bits per heavy atom. The molecule has 0 radical (unpaired) electrons. The van der Waals surface area contributed by atoms with Crippen LogP contribution in [0.25, 0.3) is 0 Å². The third-order valence-corrected chi connectivity index (χ3v) is 5.94. The summed E-state index contributed by atoms with van der Waals surface area (Å²) in [6.07, 6.45) is 0. The van der Waals surface area contributed by atoms with Gasteiger partial charge in [-0.2, -0.15) is 0 Å². The highest BCUT2D eigenvalue weighted by atomic mass is 16.2. The zero-order valence-electron chi connectivity index (χ0n) is 18.5. The lowest BCUT2D eigenvalue weighted by atomic mass is 10.0. The molecule has 30 heavy (non-hydrogen) atoms. The largest absolute Gasteiger partial charge is 0.351 e. The van der Waals surface area contributed by atoms with E-state index in [-0.39, 0.29) is 17.9 Å². The van der Waals surface area contributed by atoms with Crippen LogP contribution in [0.3, 0.4) is 0 Å². The molecule has 0 spiro atoms. The van der Waals surface area contributed by atoms with Crippen LogP contribution in [0.4, 0.5) is 0 Å². The first-order valence-corrected chi connectivity index (χ1v) is 10.8. The van der Waals surface area contributed by atoms with Gasteiger partial charge in [0.15, 0.2) is 0 Å². The lowest BCUT2D eigenvalue weighted by Crippen LogP contribution is -2.54. The van der Waals surface area contributed by atoms with Crippen LogP contribution in [-0.4, -0.2) is 53.8 Å². The second-order valence-corrected chi connectivity index (χ2v) is 8.48. The Kier molecular flexibility index (Phi) is 7.27. The molecule has 2 aromatic carbocycles. The summed E-state index contributed by atoms with van der Waals surface area (Å²) in [6.45, 7) is 11.5. The number of amides is 2. The van der Waals surface area contributed by atoms with Crippen molar-refractivity contribution in [2.75, 3.05) is 26.2 Å². The Bertz CT molecular complexity index is 851. The molecule has 1 heterocycles. The number of rotatable bonds is 6. The number of nitrogens with zero attached hydrogens (tertiary/aromatic N) is 2. The Labute approximate surface area is 180 Å². The SMILES string of the molecule is Cc1ccc(CNC(=O)C(C)N2CCN(C(=O)c3ccc(C(C)C)cc3)CC2)cc1. The van der Waals surface area contributed by atoms with Gasteiger partial charge < -0.3 is 10.2 Å². The van der Waals surface area contributed by atoms with Gasteiger partial charge in [-0.05, 0) is 43.0 Å². The van der Waals surface area contributed by atoms with Crippen LogP contribution >= 0.6 is 0 Å². The Hall–Kier alpha value is -2.66. The van der Waals surface area contributed by atoms with E-state index in [0.29, 0.717) is 38.6 Å². The van der Waals surface area contributed by atoms with E-state index in [1.807, 2.05) is 48.2 Å². The zero-order valence-corrected chi connectivity index (χ0v) is 18.5. The monoisotopic (exact) mass is 407 g/mol. The molecule has 0 aromatic heterocycles. The van der Waals surface area contributed by atoms with E-state index in [9.17, 15) is 9.59 Å².